The fraction of sp³-hybridized carbons (Fsp3) is 0.429. The first kappa shape index (κ1) is 60.9. The van der Waals surface area contributed by atoms with Crippen LogP contribution in [0, 0.1) is 23.3 Å². The van der Waals surface area contributed by atoms with Crippen LogP contribution in [0.2, 0.25) is 0 Å². The normalized spacial score (nSPS) is 15.8. The molecule has 2 fully saturated rings. The van der Waals surface area contributed by atoms with Crippen LogP contribution < -0.4 is 14.8 Å². The predicted molar refractivity (Wildman–Crippen MR) is 302 cm³/mol. The molecule has 2 aliphatic rings. The van der Waals surface area contributed by atoms with Gasteiger partial charge in [0.2, 0.25) is 0 Å². The topological polar surface area (TPSA) is 143 Å². The third-order valence-electron chi connectivity index (χ3n) is 13.5. The third kappa shape index (κ3) is 15.2. The lowest BCUT2D eigenvalue weighted by Crippen LogP contribution is -2.43. The van der Waals surface area contributed by atoms with Crippen molar-refractivity contribution < 1.29 is 60.4 Å². The van der Waals surface area contributed by atoms with Crippen molar-refractivity contribution in [2.45, 2.75) is 144 Å². The minimum absolute atomic E-state index is 0.0391. The fourth-order valence-corrected chi connectivity index (χ4v) is 10.1. The second-order valence-corrected chi connectivity index (χ2v) is 23.2. The smallest absolute Gasteiger partial charge is 0.410 e. The summed E-state index contributed by atoms with van der Waals surface area (Å²) in [6.07, 6.45) is 7.66. The molecule has 2 aromatic heterocycles. The van der Waals surface area contributed by atoms with Gasteiger partial charge in [-0.05, 0) is 160 Å². The van der Waals surface area contributed by atoms with Crippen LogP contribution in [0.25, 0.3) is 22.3 Å². The summed E-state index contributed by atoms with van der Waals surface area (Å²) < 4.78 is 87.8. The average molecular weight is 1120 g/mol. The van der Waals surface area contributed by atoms with Crippen LogP contribution in [-0.4, -0.2) is 93.0 Å². The highest BCUT2D eigenvalue weighted by Gasteiger charge is 2.34. The number of carbonyl (C=O) groups is 4. The van der Waals surface area contributed by atoms with Gasteiger partial charge in [0, 0.05) is 66.6 Å². The Hall–Kier alpha value is -7.76. The van der Waals surface area contributed by atoms with E-state index in [4.69, 9.17) is 23.7 Å². The predicted octanol–water partition coefficient (Wildman–Crippen LogP) is 15.0. The van der Waals surface area contributed by atoms with Gasteiger partial charge < -0.3 is 47.9 Å². The molecule has 6 aromatic rings. The quantitative estimate of drug-likeness (QED) is 0.0720. The highest BCUT2D eigenvalue weighted by Crippen LogP contribution is 2.39. The van der Waals surface area contributed by atoms with Crippen molar-refractivity contribution in [3.63, 3.8) is 0 Å². The third-order valence-corrected chi connectivity index (χ3v) is 13.5. The minimum Gasteiger partial charge on any atom is -0.465 e. The van der Waals surface area contributed by atoms with Crippen LogP contribution in [0.15, 0.2) is 97.3 Å². The molecule has 0 spiro atoms. The number of carbonyl (C=O) groups excluding carboxylic acids is 4. The molecule has 434 valence electrons. The van der Waals surface area contributed by atoms with Gasteiger partial charge in [0.25, 0.3) is 5.91 Å². The number of nitrogens with one attached hydrogen (secondary N) is 1. The number of benzene rings is 4. The van der Waals surface area contributed by atoms with Crippen LogP contribution in [-0.2, 0) is 27.1 Å². The number of hydrogen-bond donors (Lipinski definition) is 1. The molecule has 4 heterocycles. The largest absolute Gasteiger partial charge is 0.465 e. The maximum Gasteiger partial charge on any atom is 0.410 e. The van der Waals surface area contributed by atoms with Gasteiger partial charge in [-0.1, -0.05) is 50.2 Å². The fourth-order valence-electron chi connectivity index (χ4n) is 10.1. The zero-order chi connectivity index (χ0) is 59.1. The molecule has 0 unspecified atom stereocenters. The van der Waals surface area contributed by atoms with Crippen LogP contribution in [0.4, 0.5) is 27.2 Å². The lowest BCUT2D eigenvalue weighted by molar-refractivity contribution is 0.0162. The minimum atomic E-state index is -0.801. The highest BCUT2D eigenvalue weighted by atomic mass is 19.1. The SMILES string of the molecule is CCc1c(C(=O)NC(C)(C)C)c(-c2ccc(Oc3c(F)cccc3F)cc2)cn1[C@@H]1CCCN(C(=O)OC(C)(C)C)C1.CCc1c(C(=O)OC)c(-c2ccc(Oc3c(F)cccc3F)cc2)cn1[C@@H]1CCCN(C(=O)OC(C)(C)C)C1. The van der Waals surface area contributed by atoms with Crippen molar-refractivity contribution in [2.24, 2.45) is 0 Å². The molecule has 0 bridgehead atoms. The summed E-state index contributed by atoms with van der Waals surface area (Å²) in [5.41, 5.74) is 3.91. The van der Waals surface area contributed by atoms with Gasteiger partial charge in [-0.25, -0.2) is 31.9 Å². The summed E-state index contributed by atoms with van der Waals surface area (Å²) in [5.74, 6) is -4.29. The van der Waals surface area contributed by atoms with Gasteiger partial charge in [-0.2, -0.15) is 0 Å². The number of rotatable bonds is 12. The van der Waals surface area contributed by atoms with Crippen molar-refractivity contribution >= 4 is 24.1 Å². The maximum atomic E-state index is 14.1. The van der Waals surface area contributed by atoms with E-state index < -0.39 is 57.5 Å². The first-order valence-electron chi connectivity index (χ1n) is 27.5. The van der Waals surface area contributed by atoms with E-state index in [1.54, 1.807) is 58.3 Å². The lowest BCUT2D eigenvalue weighted by atomic mass is 9.99. The van der Waals surface area contributed by atoms with E-state index in [-0.39, 0.29) is 41.7 Å². The second-order valence-electron chi connectivity index (χ2n) is 23.2. The number of para-hydroxylation sites is 2. The summed E-state index contributed by atoms with van der Waals surface area (Å²) in [5, 5.41) is 3.10. The van der Waals surface area contributed by atoms with Gasteiger partial charge in [-0.15, -0.1) is 0 Å². The van der Waals surface area contributed by atoms with Crippen LogP contribution in [0.5, 0.6) is 23.0 Å². The molecule has 0 saturated carbocycles. The van der Waals surface area contributed by atoms with E-state index in [0.717, 1.165) is 72.5 Å². The Labute approximate surface area is 472 Å². The van der Waals surface area contributed by atoms with E-state index in [9.17, 15) is 36.7 Å². The molecule has 18 heteroatoms. The zero-order valence-corrected chi connectivity index (χ0v) is 48.4. The molecule has 2 atom stereocenters. The Morgan fingerprint density at radius 2 is 0.926 bits per heavy atom. The summed E-state index contributed by atoms with van der Waals surface area (Å²) in [7, 11) is 1.34. The Kier molecular flexibility index (Phi) is 19.1. The number of aromatic nitrogens is 2. The van der Waals surface area contributed by atoms with Gasteiger partial charge in [0.1, 0.15) is 22.7 Å². The first-order chi connectivity index (χ1) is 38.2. The number of likely N-dealkylation sites (tertiary alicyclic amines) is 2. The van der Waals surface area contributed by atoms with Gasteiger partial charge in [-0.3, -0.25) is 4.79 Å². The molecular weight excluding hydrogens is 1050 g/mol. The standard InChI is InChI=1S/C33H41F2N3O4.C30H34F2N2O5/c1-8-27-28(30(39)36-32(2,3)4)24(20-38(27)22-11-10-18-37(19-22)31(40)42-33(5,6)7)21-14-16-23(17-15-21)41-29-25(34)12-9-13-26(29)35;1-6-25-26(28(35)37-5)22(18-34(25)20-9-8-16-33(17-20)29(36)39-30(2,3)4)19-12-14-21(15-13-19)38-27-23(31)10-7-11-24(27)32/h9,12-17,20,22H,8,10-11,18-19H2,1-7H3,(H,36,39);7,10-15,18,20H,6,8-9,16-17H2,1-5H3/t22-;20-/m11/s1. The van der Waals surface area contributed by atoms with Crippen LogP contribution >= 0.6 is 0 Å². The number of amides is 3. The number of halogens is 4. The maximum absolute atomic E-state index is 14.1. The lowest BCUT2D eigenvalue weighted by Gasteiger charge is -2.35. The summed E-state index contributed by atoms with van der Waals surface area (Å²) >= 11 is 0. The van der Waals surface area contributed by atoms with Crippen molar-refractivity contribution in [1.29, 1.82) is 0 Å². The molecule has 81 heavy (non-hydrogen) atoms. The number of esters is 1. The van der Waals surface area contributed by atoms with Gasteiger partial charge in [0.15, 0.2) is 34.8 Å². The van der Waals surface area contributed by atoms with E-state index in [2.05, 4.69) is 14.5 Å². The van der Waals surface area contributed by atoms with Crippen molar-refractivity contribution in [1.82, 2.24) is 24.3 Å². The van der Waals surface area contributed by atoms with E-state index in [1.807, 2.05) is 88.6 Å². The van der Waals surface area contributed by atoms with Crippen LogP contribution in [0.1, 0.15) is 146 Å². The van der Waals surface area contributed by atoms with E-state index in [0.29, 0.717) is 61.3 Å². The monoisotopic (exact) mass is 1120 g/mol. The average Bonchev–Trinajstić information content (AvgIpc) is 4.17. The van der Waals surface area contributed by atoms with Crippen molar-refractivity contribution in [3.05, 3.63) is 143 Å². The molecule has 8 rings (SSSR count). The molecule has 2 aliphatic heterocycles. The van der Waals surface area contributed by atoms with Crippen LogP contribution in [0.3, 0.4) is 0 Å². The molecule has 0 radical (unpaired) electrons. The molecular formula is C63H75F4N5O9. The Balaban J connectivity index is 0.000000234. The molecule has 4 aromatic carbocycles. The Morgan fingerprint density at radius 1 is 0.556 bits per heavy atom. The Morgan fingerprint density at radius 3 is 1.27 bits per heavy atom. The van der Waals surface area contributed by atoms with Gasteiger partial charge in [0.05, 0.1) is 30.3 Å². The zero-order valence-electron chi connectivity index (χ0n) is 48.4. The Bertz CT molecular complexity index is 3170. The summed E-state index contributed by atoms with van der Waals surface area (Å²) in [6.45, 7) is 23.0. The molecule has 2 saturated heterocycles. The number of hydrogen-bond acceptors (Lipinski definition) is 9. The molecule has 1 N–H and O–H groups in total. The summed E-state index contributed by atoms with van der Waals surface area (Å²) in [4.78, 5) is 55.8. The molecule has 0 aliphatic carbocycles. The number of piperidine rings is 2. The van der Waals surface area contributed by atoms with Gasteiger partial charge >= 0.3 is 18.2 Å². The van der Waals surface area contributed by atoms with E-state index >= 15 is 0 Å². The first-order valence-corrected chi connectivity index (χ1v) is 27.5. The van der Waals surface area contributed by atoms with Crippen molar-refractivity contribution in [3.8, 4) is 45.3 Å². The summed E-state index contributed by atoms with van der Waals surface area (Å²) in [6, 6.07) is 20.4. The molecule has 3 amide bonds. The highest BCUT2D eigenvalue weighted by molar-refractivity contribution is 6.03. The number of ether oxygens (including phenoxy) is 5. The number of methoxy groups -OCH3 is 1. The second kappa shape index (κ2) is 25.4. The van der Waals surface area contributed by atoms with E-state index in [1.165, 1.54) is 19.2 Å². The number of nitrogens with zero attached hydrogens (tertiary/aromatic N) is 4. The van der Waals surface area contributed by atoms with Crippen molar-refractivity contribution in [2.75, 3.05) is 33.3 Å². The molecule has 14 nitrogen and oxygen atoms in total.